The van der Waals surface area contributed by atoms with Gasteiger partial charge in [0.15, 0.2) is 16.5 Å². The number of nitrogens with one attached hydrogen (secondary N) is 1. The summed E-state index contributed by atoms with van der Waals surface area (Å²) < 4.78 is 6.19. The molecule has 0 aliphatic rings. The fraction of sp³-hybridized carbons (Fsp3) is 0.136. The van der Waals surface area contributed by atoms with Crippen LogP contribution in [0.25, 0.3) is 10.8 Å². The van der Waals surface area contributed by atoms with Gasteiger partial charge in [-0.3, -0.25) is 14.9 Å². The smallest absolute Gasteiger partial charge is 0.357 e. The highest BCUT2D eigenvalue weighted by molar-refractivity contribution is 7.14. The molecule has 0 saturated heterocycles. The van der Waals surface area contributed by atoms with Crippen LogP contribution in [0, 0.1) is 0 Å². The van der Waals surface area contributed by atoms with E-state index in [1.54, 1.807) is 31.2 Å². The number of carbonyl (C=O) groups is 2. The minimum Gasteiger partial charge on any atom is -0.461 e. The predicted molar refractivity (Wildman–Crippen MR) is 118 cm³/mol. The largest absolute Gasteiger partial charge is 0.461 e. The van der Waals surface area contributed by atoms with Crippen LogP contribution in [0.2, 0.25) is 0 Å². The highest BCUT2D eigenvalue weighted by Crippen LogP contribution is 2.19. The number of aromatic nitrogens is 3. The maximum atomic E-state index is 13.0. The fourth-order valence-corrected chi connectivity index (χ4v) is 3.73. The summed E-state index contributed by atoms with van der Waals surface area (Å²) in [6.07, 6.45) is 0. The molecule has 156 valence electrons. The van der Waals surface area contributed by atoms with Crippen molar-refractivity contribution in [1.29, 1.82) is 0 Å². The average Bonchev–Trinajstić information content (AvgIpc) is 3.25. The molecule has 4 rings (SSSR count). The van der Waals surface area contributed by atoms with E-state index in [0.29, 0.717) is 10.8 Å². The monoisotopic (exact) mass is 434 g/mol. The highest BCUT2D eigenvalue weighted by atomic mass is 32.1. The third-order valence-electron chi connectivity index (χ3n) is 4.47. The van der Waals surface area contributed by atoms with Crippen molar-refractivity contribution in [2.45, 2.75) is 13.5 Å². The number of rotatable bonds is 6. The van der Waals surface area contributed by atoms with Crippen LogP contribution in [0.1, 0.15) is 33.5 Å². The minimum atomic E-state index is -0.556. The van der Waals surface area contributed by atoms with Gasteiger partial charge >= 0.3 is 5.97 Å². The van der Waals surface area contributed by atoms with Gasteiger partial charge in [-0.1, -0.05) is 48.5 Å². The lowest BCUT2D eigenvalue weighted by Crippen LogP contribution is -2.28. The minimum absolute atomic E-state index is 0.0963. The quantitative estimate of drug-likeness (QED) is 0.467. The van der Waals surface area contributed by atoms with Crippen LogP contribution in [-0.2, 0) is 11.3 Å². The lowest BCUT2D eigenvalue weighted by Gasteiger charge is -2.10. The summed E-state index contributed by atoms with van der Waals surface area (Å²) in [5.74, 6) is -1.08. The summed E-state index contributed by atoms with van der Waals surface area (Å²) >= 11 is 1.10. The summed E-state index contributed by atoms with van der Waals surface area (Å²) in [6, 6.07) is 16.2. The summed E-state index contributed by atoms with van der Waals surface area (Å²) in [7, 11) is 0. The molecule has 0 unspecified atom stereocenters. The Kier molecular flexibility index (Phi) is 5.85. The number of benzene rings is 2. The lowest BCUT2D eigenvalue weighted by atomic mass is 10.1. The molecular weight excluding hydrogens is 416 g/mol. The van der Waals surface area contributed by atoms with Crippen molar-refractivity contribution in [3.8, 4) is 0 Å². The van der Waals surface area contributed by atoms with E-state index in [-0.39, 0.29) is 35.2 Å². The van der Waals surface area contributed by atoms with Crippen LogP contribution >= 0.6 is 11.3 Å². The average molecular weight is 434 g/mol. The van der Waals surface area contributed by atoms with Crippen molar-refractivity contribution in [3.05, 3.63) is 87.3 Å². The summed E-state index contributed by atoms with van der Waals surface area (Å²) in [5, 5.41) is 9.58. The van der Waals surface area contributed by atoms with E-state index >= 15 is 0 Å². The van der Waals surface area contributed by atoms with Crippen LogP contribution < -0.4 is 10.9 Å². The molecule has 0 aliphatic carbocycles. The maximum absolute atomic E-state index is 13.0. The van der Waals surface area contributed by atoms with Crippen molar-refractivity contribution >= 4 is 39.1 Å². The third kappa shape index (κ3) is 4.36. The van der Waals surface area contributed by atoms with E-state index < -0.39 is 11.9 Å². The van der Waals surface area contributed by atoms with Gasteiger partial charge in [0.05, 0.1) is 18.5 Å². The van der Waals surface area contributed by atoms with E-state index in [1.807, 2.05) is 30.3 Å². The lowest BCUT2D eigenvalue weighted by molar-refractivity contribution is 0.0520. The molecule has 4 aromatic rings. The molecule has 0 fully saturated rings. The number of nitrogens with zero attached hydrogens (tertiary/aromatic N) is 3. The zero-order valence-electron chi connectivity index (χ0n) is 16.6. The molecular formula is C22H18N4O4S. The number of thiazole rings is 1. The molecule has 2 aromatic heterocycles. The van der Waals surface area contributed by atoms with E-state index in [1.165, 1.54) is 10.1 Å². The third-order valence-corrected chi connectivity index (χ3v) is 5.22. The SMILES string of the molecule is CCOC(=O)c1csc(NC(=O)c2nn(Cc3ccccc3)c(=O)c3ccccc23)n1. The molecule has 31 heavy (non-hydrogen) atoms. The molecule has 2 aromatic carbocycles. The normalized spacial score (nSPS) is 10.7. The van der Waals surface area contributed by atoms with Crippen LogP contribution in [-0.4, -0.2) is 33.2 Å². The van der Waals surface area contributed by atoms with E-state index in [9.17, 15) is 14.4 Å². The first kappa shape index (κ1) is 20.4. The van der Waals surface area contributed by atoms with Crippen molar-refractivity contribution in [1.82, 2.24) is 14.8 Å². The van der Waals surface area contributed by atoms with Gasteiger partial charge in [-0.25, -0.2) is 14.5 Å². The molecule has 9 heteroatoms. The Morgan fingerprint density at radius 2 is 1.77 bits per heavy atom. The number of fused-ring (bicyclic) bond motifs is 1. The molecule has 2 heterocycles. The molecule has 8 nitrogen and oxygen atoms in total. The molecule has 0 bridgehead atoms. The van der Waals surface area contributed by atoms with E-state index in [2.05, 4.69) is 15.4 Å². The van der Waals surface area contributed by atoms with Crippen molar-refractivity contribution in [2.24, 2.45) is 0 Å². The molecule has 1 amide bonds. The molecule has 0 atom stereocenters. The Bertz CT molecular complexity index is 1310. The summed E-state index contributed by atoms with van der Waals surface area (Å²) in [4.78, 5) is 41.8. The van der Waals surface area contributed by atoms with Crippen molar-refractivity contribution in [2.75, 3.05) is 11.9 Å². The Balaban J connectivity index is 1.69. The standard InChI is InChI=1S/C22H18N4O4S/c1-2-30-21(29)17-13-31-22(23-17)24-19(27)18-15-10-6-7-11-16(15)20(28)26(25-18)12-14-8-4-3-5-9-14/h3-11,13H,2,12H2,1H3,(H,23,24,27). The first-order chi connectivity index (χ1) is 15.1. The second kappa shape index (κ2) is 8.88. The maximum Gasteiger partial charge on any atom is 0.357 e. The van der Waals surface area contributed by atoms with Gasteiger partial charge in [0.2, 0.25) is 0 Å². The zero-order chi connectivity index (χ0) is 21.8. The topological polar surface area (TPSA) is 103 Å². The Hall–Kier alpha value is -3.85. The summed E-state index contributed by atoms with van der Waals surface area (Å²) in [6.45, 7) is 2.17. The second-order valence-electron chi connectivity index (χ2n) is 6.56. The first-order valence-electron chi connectivity index (χ1n) is 9.54. The van der Waals surface area contributed by atoms with Crippen molar-refractivity contribution < 1.29 is 14.3 Å². The van der Waals surface area contributed by atoms with Crippen LogP contribution in [0.4, 0.5) is 5.13 Å². The number of amides is 1. The molecule has 0 spiro atoms. The number of anilines is 1. The number of hydrogen-bond acceptors (Lipinski definition) is 7. The zero-order valence-corrected chi connectivity index (χ0v) is 17.4. The highest BCUT2D eigenvalue weighted by Gasteiger charge is 2.19. The second-order valence-corrected chi connectivity index (χ2v) is 7.41. The first-order valence-corrected chi connectivity index (χ1v) is 10.4. The van der Waals surface area contributed by atoms with Gasteiger partial charge in [-0.15, -0.1) is 11.3 Å². The fourth-order valence-electron chi connectivity index (χ4n) is 3.05. The number of hydrogen-bond donors (Lipinski definition) is 1. The van der Waals surface area contributed by atoms with Gasteiger partial charge in [-0.2, -0.15) is 5.10 Å². The van der Waals surface area contributed by atoms with Gasteiger partial charge < -0.3 is 4.74 Å². The van der Waals surface area contributed by atoms with Crippen molar-refractivity contribution in [3.63, 3.8) is 0 Å². The van der Waals surface area contributed by atoms with Gasteiger partial charge in [0, 0.05) is 10.8 Å². The van der Waals surface area contributed by atoms with Gasteiger partial charge in [0.25, 0.3) is 11.5 Å². The number of carbonyl (C=O) groups excluding carboxylic acids is 2. The predicted octanol–water partition coefficient (Wildman–Crippen LogP) is 3.33. The molecule has 0 saturated carbocycles. The molecule has 0 aliphatic heterocycles. The van der Waals surface area contributed by atoms with Crippen LogP contribution in [0.3, 0.4) is 0 Å². The van der Waals surface area contributed by atoms with Gasteiger partial charge in [0.1, 0.15) is 0 Å². The van der Waals surface area contributed by atoms with Crippen LogP contribution in [0.5, 0.6) is 0 Å². The van der Waals surface area contributed by atoms with Crippen LogP contribution in [0.15, 0.2) is 64.8 Å². The Morgan fingerprint density at radius 1 is 1.06 bits per heavy atom. The van der Waals surface area contributed by atoms with Gasteiger partial charge in [-0.05, 0) is 18.6 Å². The molecule has 1 N–H and O–H groups in total. The Labute approximate surface area is 181 Å². The summed E-state index contributed by atoms with van der Waals surface area (Å²) in [5.41, 5.74) is 0.820. The van der Waals surface area contributed by atoms with E-state index in [4.69, 9.17) is 4.74 Å². The number of ether oxygens (including phenoxy) is 1. The molecule has 0 radical (unpaired) electrons. The number of esters is 1. The van der Waals surface area contributed by atoms with E-state index in [0.717, 1.165) is 16.9 Å². The Morgan fingerprint density at radius 3 is 2.52 bits per heavy atom.